The van der Waals surface area contributed by atoms with E-state index in [0.29, 0.717) is 0 Å². The van der Waals surface area contributed by atoms with Crippen LogP contribution in [0.3, 0.4) is 0 Å². The van der Waals surface area contributed by atoms with E-state index in [2.05, 4.69) is 26.7 Å². The van der Waals surface area contributed by atoms with Crippen molar-refractivity contribution in [2.24, 2.45) is 5.41 Å². The van der Waals surface area contributed by atoms with E-state index in [1.54, 1.807) is 0 Å². The molecule has 0 atom stereocenters. The summed E-state index contributed by atoms with van der Waals surface area (Å²) in [6, 6.07) is 0. The quantitative estimate of drug-likeness (QED) is 0.332. The minimum absolute atomic E-state index is 0. The number of hydrogen-bond acceptors (Lipinski definition) is 0. The van der Waals surface area contributed by atoms with Crippen molar-refractivity contribution in [2.75, 3.05) is 0 Å². The molecule has 0 aliphatic heterocycles. The summed E-state index contributed by atoms with van der Waals surface area (Å²) < 4.78 is 0. The largest absolute Gasteiger partial charge is 2.00 e. The summed E-state index contributed by atoms with van der Waals surface area (Å²) in [5.74, 6) is 0. The van der Waals surface area contributed by atoms with Crippen LogP contribution < -0.4 is 12.4 Å². The molecule has 0 N–H and O–H groups in total. The Morgan fingerprint density at radius 3 is 1.31 bits per heavy atom. The van der Waals surface area contributed by atoms with E-state index in [1.807, 2.05) is 18.2 Å². The van der Waals surface area contributed by atoms with Crippen LogP contribution in [-0.4, -0.2) is 23.1 Å². The Bertz CT molecular complexity index is 126. The SMILES string of the molecule is C=CCC([CH2-])(CC=C)CC=C.[Cl-].[Mg+2]. The molecule has 0 fully saturated rings. The van der Waals surface area contributed by atoms with Crippen molar-refractivity contribution in [1.82, 2.24) is 0 Å². The second-order valence-electron chi connectivity index (χ2n) is 2.98. The first-order valence-corrected chi connectivity index (χ1v) is 3.86. The van der Waals surface area contributed by atoms with Crippen LogP contribution >= 0.6 is 0 Å². The molecule has 0 unspecified atom stereocenters. The zero-order valence-corrected chi connectivity index (χ0v) is 10.4. The molecule has 0 aromatic heterocycles. The Balaban J connectivity index is -0.000000500. The fourth-order valence-corrected chi connectivity index (χ4v) is 1.17. The Morgan fingerprint density at radius 2 is 1.15 bits per heavy atom. The summed E-state index contributed by atoms with van der Waals surface area (Å²) in [6.07, 6.45) is 8.47. The van der Waals surface area contributed by atoms with Crippen LogP contribution in [-0.2, 0) is 0 Å². The molecular weight excluding hydrogens is 192 g/mol. The summed E-state index contributed by atoms with van der Waals surface area (Å²) in [5, 5.41) is 0. The molecule has 0 saturated carbocycles. The second-order valence-corrected chi connectivity index (χ2v) is 2.98. The molecule has 0 saturated heterocycles. The van der Waals surface area contributed by atoms with Crippen LogP contribution in [0.1, 0.15) is 19.3 Å². The van der Waals surface area contributed by atoms with Gasteiger partial charge in [0, 0.05) is 0 Å². The molecule has 0 aliphatic carbocycles. The van der Waals surface area contributed by atoms with Crippen LogP contribution in [0.25, 0.3) is 0 Å². The maximum Gasteiger partial charge on any atom is 2.00 e. The fourth-order valence-electron chi connectivity index (χ4n) is 1.17. The van der Waals surface area contributed by atoms with Gasteiger partial charge in [0.05, 0.1) is 0 Å². The van der Waals surface area contributed by atoms with Crippen molar-refractivity contribution in [3.05, 3.63) is 44.9 Å². The first-order valence-electron chi connectivity index (χ1n) is 3.86. The standard InChI is InChI=1S/C11H17.ClH.Mg/c1-5-8-11(4,9-6-2)10-7-3;;/h5-7H,1-4,8-10H2;1H;/q-1;;+2/p-1. The summed E-state index contributed by atoms with van der Waals surface area (Å²) in [7, 11) is 0. The van der Waals surface area contributed by atoms with Crippen LogP contribution in [0.4, 0.5) is 0 Å². The van der Waals surface area contributed by atoms with Gasteiger partial charge >= 0.3 is 23.1 Å². The molecule has 0 aromatic rings. The number of halogens is 1. The van der Waals surface area contributed by atoms with Crippen LogP contribution in [0, 0.1) is 12.3 Å². The minimum atomic E-state index is 0. The maximum absolute atomic E-state index is 4.12. The van der Waals surface area contributed by atoms with Gasteiger partial charge in [0.2, 0.25) is 0 Å². The van der Waals surface area contributed by atoms with Gasteiger partial charge in [0.15, 0.2) is 0 Å². The topological polar surface area (TPSA) is 0 Å². The third-order valence-corrected chi connectivity index (χ3v) is 1.73. The van der Waals surface area contributed by atoms with Crippen LogP contribution in [0.5, 0.6) is 0 Å². The van der Waals surface area contributed by atoms with E-state index < -0.39 is 0 Å². The second kappa shape index (κ2) is 10.4. The predicted molar refractivity (Wildman–Crippen MR) is 58.0 cm³/mol. The molecule has 0 nitrogen and oxygen atoms in total. The Labute approximate surface area is 105 Å². The molecule has 70 valence electrons. The van der Waals surface area contributed by atoms with Gasteiger partial charge in [-0.15, -0.1) is 25.2 Å². The maximum atomic E-state index is 4.12. The molecule has 0 amide bonds. The third kappa shape index (κ3) is 8.60. The Hall–Kier alpha value is 0.276. The number of allylic oxidation sites excluding steroid dienone is 3. The fraction of sp³-hybridized carbons (Fsp3) is 0.364. The summed E-state index contributed by atoms with van der Waals surface area (Å²) >= 11 is 0. The molecule has 0 aliphatic rings. The van der Waals surface area contributed by atoms with E-state index >= 15 is 0 Å². The van der Waals surface area contributed by atoms with E-state index in [0.717, 1.165) is 19.3 Å². The van der Waals surface area contributed by atoms with Gasteiger partial charge in [-0.2, -0.15) is 0 Å². The summed E-state index contributed by atoms with van der Waals surface area (Å²) in [4.78, 5) is 0. The first kappa shape index (κ1) is 18.9. The monoisotopic (exact) mass is 208 g/mol. The Kier molecular flexibility index (Phi) is 15.1. The zero-order valence-electron chi connectivity index (χ0n) is 8.27. The van der Waals surface area contributed by atoms with Crippen molar-refractivity contribution >= 4 is 23.1 Å². The zero-order chi connectivity index (χ0) is 8.74. The summed E-state index contributed by atoms with van der Waals surface area (Å²) in [5.41, 5.74) is 0.0469. The van der Waals surface area contributed by atoms with Gasteiger partial charge in [0.25, 0.3) is 0 Å². The van der Waals surface area contributed by atoms with Crippen molar-refractivity contribution in [3.8, 4) is 0 Å². The Morgan fingerprint density at radius 1 is 0.923 bits per heavy atom. The normalized spacial score (nSPS) is 9.00. The molecule has 0 heterocycles. The molecule has 2 heteroatoms. The van der Waals surface area contributed by atoms with Gasteiger partial charge in [-0.1, -0.05) is 37.5 Å². The summed E-state index contributed by atoms with van der Waals surface area (Å²) in [6.45, 7) is 15.2. The van der Waals surface area contributed by atoms with Crippen molar-refractivity contribution in [2.45, 2.75) is 19.3 Å². The smallest absolute Gasteiger partial charge is 1.00 e. The molecule has 0 rings (SSSR count). The number of hydrogen-bond donors (Lipinski definition) is 0. The third-order valence-electron chi connectivity index (χ3n) is 1.73. The van der Waals surface area contributed by atoms with Crippen LogP contribution in [0.2, 0.25) is 0 Å². The first-order chi connectivity index (χ1) is 5.18. The van der Waals surface area contributed by atoms with Gasteiger partial charge in [-0.25, -0.2) is 0 Å². The average Bonchev–Trinajstić information content (AvgIpc) is 1.88. The minimum Gasteiger partial charge on any atom is -1.00 e. The van der Waals surface area contributed by atoms with Crippen LogP contribution in [0.15, 0.2) is 38.0 Å². The van der Waals surface area contributed by atoms with Crippen molar-refractivity contribution < 1.29 is 12.4 Å². The van der Waals surface area contributed by atoms with E-state index in [-0.39, 0.29) is 40.9 Å². The van der Waals surface area contributed by atoms with Gasteiger partial charge in [-0.3, -0.25) is 0 Å². The van der Waals surface area contributed by atoms with Gasteiger partial charge < -0.3 is 19.3 Å². The van der Waals surface area contributed by atoms with Crippen molar-refractivity contribution in [3.63, 3.8) is 0 Å². The molecule has 0 aromatic carbocycles. The van der Waals surface area contributed by atoms with Gasteiger partial charge in [-0.05, 0) is 0 Å². The van der Waals surface area contributed by atoms with Gasteiger partial charge in [0.1, 0.15) is 0 Å². The molecule has 0 bridgehead atoms. The average molecular weight is 209 g/mol. The molecule has 13 heavy (non-hydrogen) atoms. The van der Waals surface area contributed by atoms with E-state index in [1.165, 1.54) is 0 Å². The van der Waals surface area contributed by atoms with E-state index in [9.17, 15) is 0 Å². The van der Waals surface area contributed by atoms with Crippen molar-refractivity contribution in [1.29, 1.82) is 0 Å². The molecular formula is C11H17ClMg. The predicted octanol–water partition coefficient (Wildman–Crippen LogP) is 0.158. The molecule has 0 spiro atoms. The molecule has 0 radical (unpaired) electrons. The number of rotatable bonds is 6. The van der Waals surface area contributed by atoms with E-state index in [4.69, 9.17) is 0 Å².